The number of hydrogen-bond donors (Lipinski definition) is 2. The van der Waals surface area contributed by atoms with E-state index in [1.165, 1.54) is 0 Å². The number of halogens is 2. The van der Waals surface area contributed by atoms with Gasteiger partial charge in [-0.15, -0.1) is 0 Å². The van der Waals surface area contributed by atoms with Crippen LogP contribution in [-0.2, 0) is 0 Å². The fourth-order valence-electron chi connectivity index (χ4n) is 1.93. The molecule has 1 aliphatic rings. The molecule has 0 unspecified atom stereocenters. The second kappa shape index (κ2) is 4.85. The number of rotatable bonds is 3. The van der Waals surface area contributed by atoms with Crippen molar-refractivity contribution in [1.82, 2.24) is 9.97 Å². The highest BCUT2D eigenvalue weighted by Crippen LogP contribution is 2.30. The minimum atomic E-state index is -0.600. The van der Waals surface area contributed by atoms with E-state index >= 15 is 0 Å². The Bertz CT molecular complexity index is 382. The Labute approximate surface area is 108 Å². The fraction of sp³-hybridized carbons (Fsp3) is 0.600. The zero-order chi connectivity index (χ0) is 11.6. The van der Waals surface area contributed by atoms with Crippen molar-refractivity contribution in [1.29, 1.82) is 0 Å². The van der Waals surface area contributed by atoms with Gasteiger partial charge in [0.2, 0.25) is 5.28 Å². The molecule has 6 heteroatoms. The molecule has 1 aromatic rings. The molecule has 16 heavy (non-hydrogen) atoms. The molecule has 0 aliphatic heterocycles. The van der Waals surface area contributed by atoms with Crippen LogP contribution in [0.15, 0.2) is 10.7 Å². The van der Waals surface area contributed by atoms with Crippen LogP contribution >= 0.6 is 27.5 Å². The number of nitrogens with zero attached hydrogens (tertiary/aromatic N) is 2. The number of anilines is 1. The third kappa shape index (κ3) is 2.84. The van der Waals surface area contributed by atoms with Crippen LogP contribution in [0.1, 0.15) is 25.7 Å². The van der Waals surface area contributed by atoms with E-state index in [1.54, 1.807) is 6.20 Å². The molecule has 2 rings (SSSR count). The van der Waals surface area contributed by atoms with Gasteiger partial charge >= 0.3 is 0 Å². The van der Waals surface area contributed by atoms with E-state index in [9.17, 15) is 5.11 Å². The van der Waals surface area contributed by atoms with E-state index in [-0.39, 0.29) is 5.28 Å². The lowest BCUT2D eigenvalue weighted by Gasteiger charge is -2.22. The summed E-state index contributed by atoms with van der Waals surface area (Å²) in [6.07, 6.45) is 5.46. The lowest BCUT2D eigenvalue weighted by atomic mass is 10.0. The molecule has 0 saturated heterocycles. The Morgan fingerprint density at radius 1 is 1.50 bits per heavy atom. The Morgan fingerprint density at radius 3 is 2.88 bits per heavy atom. The highest BCUT2D eigenvalue weighted by atomic mass is 79.9. The van der Waals surface area contributed by atoms with Gasteiger partial charge in [-0.1, -0.05) is 12.8 Å². The number of aromatic nitrogens is 2. The van der Waals surface area contributed by atoms with E-state index in [0.717, 1.165) is 30.2 Å². The summed E-state index contributed by atoms with van der Waals surface area (Å²) in [6, 6.07) is 0. The van der Waals surface area contributed by atoms with Gasteiger partial charge in [-0.25, -0.2) is 4.98 Å². The molecule has 1 heterocycles. The van der Waals surface area contributed by atoms with Gasteiger partial charge in [0.15, 0.2) is 0 Å². The van der Waals surface area contributed by atoms with Crippen LogP contribution in [0.4, 0.5) is 5.82 Å². The molecule has 4 nitrogen and oxygen atoms in total. The maximum atomic E-state index is 10.2. The maximum absolute atomic E-state index is 10.2. The molecular formula is C10H13BrClN3O. The molecule has 0 spiro atoms. The summed E-state index contributed by atoms with van der Waals surface area (Å²) in [7, 11) is 0. The van der Waals surface area contributed by atoms with Crippen molar-refractivity contribution < 1.29 is 5.11 Å². The molecule has 1 aliphatic carbocycles. The summed E-state index contributed by atoms with van der Waals surface area (Å²) < 4.78 is 0.749. The molecule has 2 N–H and O–H groups in total. The number of aliphatic hydroxyl groups is 1. The van der Waals surface area contributed by atoms with Crippen LogP contribution in [0.25, 0.3) is 0 Å². The normalized spacial score (nSPS) is 18.7. The Morgan fingerprint density at radius 2 is 2.19 bits per heavy atom. The fourth-order valence-corrected chi connectivity index (χ4v) is 2.39. The van der Waals surface area contributed by atoms with Crippen LogP contribution in [0.5, 0.6) is 0 Å². The monoisotopic (exact) mass is 305 g/mol. The van der Waals surface area contributed by atoms with Crippen molar-refractivity contribution in [3.63, 3.8) is 0 Å². The highest BCUT2D eigenvalue weighted by molar-refractivity contribution is 9.10. The summed E-state index contributed by atoms with van der Waals surface area (Å²) in [5.41, 5.74) is -0.600. The minimum Gasteiger partial charge on any atom is -0.388 e. The molecule has 1 aromatic heterocycles. The average molecular weight is 307 g/mol. The van der Waals surface area contributed by atoms with Crippen molar-refractivity contribution in [2.75, 3.05) is 11.9 Å². The standard InChI is InChI=1S/C10H13BrClN3O/c11-7-5-13-9(12)15-8(7)14-6-10(16)3-1-2-4-10/h5,16H,1-4,6H2,(H,13,14,15). The summed E-state index contributed by atoms with van der Waals surface area (Å²) >= 11 is 9.03. The molecule has 0 aromatic carbocycles. The van der Waals surface area contributed by atoms with Crippen LogP contribution in [0.2, 0.25) is 5.28 Å². The second-order valence-electron chi connectivity index (χ2n) is 4.12. The largest absolute Gasteiger partial charge is 0.388 e. The van der Waals surface area contributed by atoms with Crippen LogP contribution in [-0.4, -0.2) is 27.2 Å². The Balaban J connectivity index is 2.01. The SMILES string of the molecule is OC1(CNc2nc(Cl)ncc2Br)CCCC1. The minimum absolute atomic E-state index is 0.198. The second-order valence-corrected chi connectivity index (χ2v) is 5.31. The molecule has 88 valence electrons. The first-order valence-corrected chi connectivity index (χ1v) is 6.40. The predicted molar refractivity (Wildman–Crippen MR) is 66.6 cm³/mol. The van der Waals surface area contributed by atoms with E-state index < -0.39 is 5.60 Å². The van der Waals surface area contributed by atoms with Gasteiger partial charge in [0.1, 0.15) is 5.82 Å². The predicted octanol–water partition coefficient (Wildman–Crippen LogP) is 2.61. The van der Waals surface area contributed by atoms with E-state index in [0.29, 0.717) is 12.4 Å². The van der Waals surface area contributed by atoms with Crippen molar-refractivity contribution in [3.05, 3.63) is 16.0 Å². The van der Waals surface area contributed by atoms with Gasteiger partial charge in [-0.3, -0.25) is 0 Å². The first-order chi connectivity index (χ1) is 7.59. The zero-order valence-electron chi connectivity index (χ0n) is 8.71. The summed E-state index contributed by atoms with van der Waals surface area (Å²) in [5.74, 6) is 0.625. The lowest BCUT2D eigenvalue weighted by Crippen LogP contribution is -2.33. The molecule has 0 atom stereocenters. The number of hydrogen-bond acceptors (Lipinski definition) is 4. The van der Waals surface area contributed by atoms with Gasteiger partial charge in [0, 0.05) is 12.7 Å². The highest BCUT2D eigenvalue weighted by Gasteiger charge is 2.30. The third-order valence-corrected chi connectivity index (χ3v) is 3.60. The molecule has 0 amide bonds. The molecular weight excluding hydrogens is 293 g/mol. The molecule has 1 saturated carbocycles. The van der Waals surface area contributed by atoms with Crippen molar-refractivity contribution in [2.24, 2.45) is 0 Å². The lowest BCUT2D eigenvalue weighted by molar-refractivity contribution is 0.0614. The van der Waals surface area contributed by atoms with Crippen molar-refractivity contribution in [3.8, 4) is 0 Å². The van der Waals surface area contributed by atoms with Gasteiger partial charge in [-0.05, 0) is 40.4 Å². The molecule has 1 fully saturated rings. The topological polar surface area (TPSA) is 58.0 Å². The maximum Gasteiger partial charge on any atom is 0.224 e. The van der Waals surface area contributed by atoms with Crippen LogP contribution in [0.3, 0.4) is 0 Å². The van der Waals surface area contributed by atoms with E-state index in [4.69, 9.17) is 11.6 Å². The Kier molecular flexibility index (Phi) is 3.66. The quantitative estimate of drug-likeness (QED) is 0.843. The van der Waals surface area contributed by atoms with Gasteiger partial charge < -0.3 is 10.4 Å². The molecule has 0 bridgehead atoms. The zero-order valence-corrected chi connectivity index (χ0v) is 11.1. The smallest absolute Gasteiger partial charge is 0.224 e. The summed E-state index contributed by atoms with van der Waals surface area (Å²) in [6.45, 7) is 0.499. The summed E-state index contributed by atoms with van der Waals surface area (Å²) in [4.78, 5) is 7.89. The summed E-state index contributed by atoms with van der Waals surface area (Å²) in [5, 5.41) is 13.5. The first kappa shape index (κ1) is 12.1. The third-order valence-electron chi connectivity index (χ3n) is 2.83. The van der Waals surface area contributed by atoms with Gasteiger partial charge in [0.05, 0.1) is 10.1 Å². The van der Waals surface area contributed by atoms with Crippen molar-refractivity contribution in [2.45, 2.75) is 31.3 Å². The average Bonchev–Trinajstić information content (AvgIpc) is 2.67. The van der Waals surface area contributed by atoms with E-state index in [1.807, 2.05) is 0 Å². The number of nitrogens with one attached hydrogen (secondary N) is 1. The van der Waals surface area contributed by atoms with Gasteiger partial charge in [0.25, 0.3) is 0 Å². The van der Waals surface area contributed by atoms with Crippen LogP contribution < -0.4 is 5.32 Å². The van der Waals surface area contributed by atoms with Crippen molar-refractivity contribution >= 4 is 33.3 Å². The Hall–Kier alpha value is -0.390. The van der Waals surface area contributed by atoms with E-state index in [2.05, 4.69) is 31.2 Å². The van der Waals surface area contributed by atoms with Gasteiger partial charge in [-0.2, -0.15) is 4.98 Å². The first-order valence-electron chi connectivity index (χ1n) is 5.23. The molecule has 0 radical (unpaired) electrons. The van der Waals surface area contributed by atoms with Crippen LogP contribution in [0, 0.1) is 0 Å².